The minimum atomic E-state index is -0.165. The molecule has 6 heteroatoms. The highest BCUT2D eigenvalue weighted by molar-refractivity contribution is 6.32. The maximum absolute atomic E-state index is 12.4. The number of halogens is 1. The molecule has 0 radical (unpaired) electrons. The predicted molar refractivity (Wildman–Crippen MR) is 82.5 cm³/mol. The van der Waals surface area contributed by atoms with Crippen molar-refractivity contribution < 1.29 is 0 Å². The van der Waals surface area contributed by atoms with Crippen molar-refractivity contribution in [1.82, 2.24) is 14.8 Å². The lowest BCUT2D eigenvalue weighted by molar-refractivity contribution is 0.534. The monoisotopic (exact) mass is 304 g/mol. The molecule has 21 heavy (non-hydrogen) atoms. The van der Waals surface area contributed by atoms with Crippen LogP contribution in [0.3, 0.4) is 0 Å². The smallest absolute Gasteiger partial charge is 0.291 e. The Morgan fingerprint density at radius 1 is 1.43 bits per heavy atom. The van der Waals surface area contributed by atoms with Gasteiger partial charge in [-0.2, -0.15) is 5.10 Å². The van der Waals surface area contributed by atoms with Crippen LogP contribution in [-0.2, 0) is 13.1 Å². The van der Waals surface area contributed by atoms with Crippen LogP contribution in [0.25, 0.3) is 0 Å². The normalized spacial score (nSPS) is 14.2. The van der Waals surface area contributed by atoms with Crippen LogP contribution >= 0.6 is 11.6 Å². The zero-order chi connectivity index (χ0) is 14.8. The number of aryl methyl sites for hydroxylation is 1. The van der Waals surface area contributed by atoms with Gasteiger partial charge in [0.15, 0.2) is 0 Å². The average molecular weight is 305 g/mol. The van der Waals surface area contributed by atoms with E-state index in [1.54, 1.807) is 0 Å². The molecule has 1 N–H and O–H groups in total. The van der Waals surface area contributed by atoms with Gasteiger partial charge < -0.3 is 5.32 Å². The lowest BCUT2D eigenvalue weighted by Crippen LogP contribution is -2.26. The topological polar surface area (TPSA) is 59.8 Å². The fraction of sp³-hybridized carbons (Fsp3) is 0.400. The number of nitrogens with one attached hydrogen (secondary N) is 1. The van der Waals surface area contributed by atoms with Crippen LogP contribution in [0.2, 0.25) is 5.02 Å². The molecule has 5 nitrogen and oxygen atoms in total. The van der Waals surface area contributed by atoms with Crippen molar-refractivity contribution in [2.24, 2.45) is 5.92 Å². The summed E-state index contributed by atoms with van der Waals surface area (Å²) in [6, 6.07) is 5.79. The summed E-state index contributed by atoms with van der Waals surface area (Å²) in [5.74, 6) is 0.586. The Labute approximate surface area is 128 Å². The Kier molecular flexibility index (Phi) is 3.92. The molecule has 2 aromatic rings. The summed E-state index contributed by atoms with van der Waals surface area (Å²) in [7, 11) is 0. The van der Waals surface area contributed by atoms with Gasteiger partial charge in [-0.25, -0.2) is 4.68 Å². The van der Waals surface area contributed by atoms with Gasteiger partial charge in [0, 0.05) is 12.2 Å². The van der Waals surface area contributed by atoms with Crippen molar-refractivity contribution in [3.63, 3.8) is 0 Å². The van der Waals surface area contributed by atoms with Gasteiger partial charge >= 0.3 is 0 Å². The molecule has 1 aliphatic rings. The quantitative estimate of drug-likeness (QED) is 0.922. The van der Waals surface area contributed by atoms with Crippen LogP contribution < -0.4 is 10.9 Å². The van der Waals surface area contributed by atoms with Gasteiger partial charge in [-0.3, -0.25) is 9.78 Å². The minimum Gasteiger partial charge on any atom is -0.374 e. The van der Waals surface area contributed by atoms with Gasteiger partial charge in [-0.05, 0) is 37.8 Å². The molecule has 2 heterocycles. The standard InChI is InChI=1S/C15H17ClN4O/c1-10-3-2-4-12(19-10)7-17-14-13(16)8-18-20(15(14)21)9-11-5-6-11/h2-4,8,11,17H,5-7,9H2,1H3. The second-order valence-corrected chi connectivity index (χ2v) is 5.83. The van der Waals surface area contributed by atoms with Crippen LogP contribution in [0.5, 0.6) is 0 Å². The molecule has 0 atom stereocenters. The molecule has 0 aliphatic heterocycles. The van der Waals surface area contributed by atoms with Crippen molar-refractivity contribution in [3.05, 3.63) is 51.2 Å². The van der Waals surface area contributed by atoms with Gasteiger partial charge in [-0.15, -0.1) is 0 Å². The van der Waals surface area contributed by atoms with E-state index in [9.17, 15) is 4.79 Å². The third-order valence-corrected chi connectivity index (χ3v) is 3.80. The Balaban J connectivity index is 1.79. The molecule has 1 aliphatic carbocycles. The zero-order valence-corrected chi connectivity index (χ0v) is 12.6. The Hall–Kier alpha value is -1.88. The molecular weight excluding hydrogens is 288 g/mol. The summed E-state index contributed by atoms with van der Waals surface area (Å²) < 4.78 is 1.50. The van der Waals surface area contributed by atoms with Crippen LogP contribution in [0.1, 0.15) is 24.2 Å². The van der Waals surface area contributed by atoms with Crippen molar-refractivity contribution in [1.29, 1.82) is 0 Å². The summed E-state index contributed by atoms with van der Waals surface area (Å²) in [6.07, 6.45) is 3.87. The molecular formula is C15H17ClN4O. The van der Waals surface area contributed by atoms with Crippen molar-refractivity contribution >= 4 is 17.3 Å². The van der Waals surface area contributed by atoms with Crippen LogP contribution in [0.15, 0.2) is 29.2 Å². The number of hydrogen-bond acceptors (Lipinski definition) is 4. The molecule has 0 unspecified atom stereocenters. The van der Waals surface area contributed by atoms with E-state index in [-0.39, 0.29) is 5.56 Å². The number of hydrogen-bond donors (Lipinski definition) is 1. The van der Waals surface area contributed by atoms with Crippen molar-refractivity contribution in [3.8, 4) is 0 Å². The molecule has 0 aromatic carbocycles. The van der Waals surface area contributed by atoms with E-state index >= 15 is 0 Å². The summed E-state index contributed by atoms with van der Waals surface area (Å²) in [5.41, 5.74) is 2.05. The second kappa shape index (κ2) is 5.85. The van der Waals surface area contributed by atoms with E-state index in [1.807, 2.05) is 25.1 Å². The van der Waals surface area contributed by atoms with Crippen LogP contribution in [0.4, 0.5) is 5.69 Å². The van der Waals surface area contributed by atoms with Gasteiger partial charge in [0.1, 0.15) is 5.69 Å². The molecule has 1 fully saturated rings. The van der Waals surface area contributed by atoms with Gasteiger partial charge in [0.05, 0.1) is 23.5 Å². The summed E-state index contributed by atoms with van der Waals surface area (Å²) in [4.78, 5) is 16.8. The van der Waals surface area contributed by atoms with E-state index < -0.39 is 0 Å². The molecule has 3 rings (SSSR count). The van der Waals surface area contributed by atoms with E-state index in [4.69, 9.17) is 11.6 Å². The third-order valence-electron chi connectivity index (χ3n) is 3.52. The lowest BCUT2D eigenvalue weighted by Gasteiger charge is -2.10. The van der Waals surface area contributed by atoms with Crippen molar-refractivity contribution in [2.75, 3.05) is 5.32 Å². The number of nitrogens with zero attached hydrogens (tertiary/aromatic N) is 3. The van der Waals surface area contributed by atoms with E-state index in [0.717, 1.165) is 11.4 Å². The first kappa shape index (κ1) is 14.1. The number of pyridine rings is 1. The fourth-order valence-electron chi connectivity index (χ4n) is 2.18. The largest absolute Gasteiger partial charge is 0.374 e. The molecule has 0 amide bonds. The zero-order valence-electron chi connectivity index (χ0n) is 11.8. The number of rotatable bonds is 5. The Bertz CT molecular complexity index is 709. The molecule has 0 spiro atoms. The molecule has 1 saturated carbocycles. The summed E-state index contributed by atoms with van der Waals surface area (Å²) in [6.45, 7) is 3.07. The first-order valence-electron chi connectivity index (χ1n) is 7.05. The first-order valence-corrected chi connectivity index (χ1v) is 7.43. The fourth-order valence-corrected chi connectivity index (χ4v) is 2.37. The average Bonchev–Trinajstić information content (AvgIpc) is 3.26. The Morgan fingerprint density at radius 3 is 2.95 bits per heavy atom. The highest BCUT2D eigenvalue weighted by Crippen LogP contribution is 2.30. The molecule has 0 bridgehead atoms. The van der Waals surface area contributed by atoms with Crippen molar-refractivity contribution in [2.45, 2.75) is 32.9 Å². The van der Waals surface area contributed by atoms with E-state index in [2.05, 4.69) is 15.4 Å². The Morgan fingerprint density at radius 2 is 2.24 bits per heavy atom. The summed E-state index contributed by atoms with van der Waals surface area (Å²) >= 11 is 6.09. The first-order chi connectivity index (χ1) is 10.1. The minimum absolute atomic E-state index is 0.165. The molecule has 110 valence electrons. The van der Waals surface area contributed by atoms with Gasteiger partial charge in [-0.1, -0.05) is 17.7 Å². The van der Waals surface area contributed by atoms with E-state index in [0.29, 0.717) is 29.7 Å². The maximum Gasteiger partial charge on any atom is 0.291 e. The second-order valence-electron chi connectivity index (χ2n) is 5.42. The molecule has 0 saturated heterocycles. The van der Waals surface area contributed by atoms with Gasteiger partial charge in [0.2, 0.25) is 0 Å². The summed E-state index contributed by atoms with van der Waals surface area (Å²) in [5, 5.41) is 7.54. The number of aromatic nitrogens is 3. The maximum atomic E-state index is 12.4. The highest BCUT2D eigenvalue weighted by atomic mass is 35.5. The van der Waals surface area contributed by atoms with Crippen LogP contribution in [-0.4, -0.2) is 14.8 Å². The van der Waals surface area contributed by atoms with E-state index in [1.165, 1.54) is 23.7 Å². The SMILES string of the molecule is Cc1cccc(CNc2c(Cl)cnn(CC3CC3)c2=O)n1. The number of anilines is 1. The predicted octanol–water partition coefficient (Wildman–Crippen LogP) is 2.62. The third kappa shape index (κ3) is 3.42. The highest BCUT2D eigenvalue weighted by Gasteiger charge is 2.23. The molecule has 2 aromatic heterocycles. The van der Waals surface area contributed by atoms with Gasteiger partial charge in [0.25, 0.3) is 5.56 Å². The van der Waals surface area contributed by atoms with Crippen LogP contribution in [0, 0.1) is 12.8 Å². The lowest BCUT2D eigenvalue weighted by atomic mass is 10.3.